The van der Waals surface area contributed by atoms with Gasteiger partial charge in [0.2, 0.25) is 0 Å². The zero-order valence-corrected chi connectivity index (χ0v) is 6.66. The number of halogens is 2. The first kappa shape index (κ1) is 10.7. The van der Waals surface area contributed by atoms with E-state index < -0.39 is 32.3 Å². The van der Waals surface area contributed by atoms with Crippen LogP contribution in [-0.2, 0) is 25.2 Å². The van der Waals surface area contributed by atoms with Gasteiger partial charge in [0.1, 0.15) is 0 Å². The number of rotatable bonds is 4. The first-order valence-electron chi connectivity index (χ1n) is 2.13. The molecule has 5 nitrogen and oxygen atoms in total. The molecule has 0 radical (unpaired) electrons. The van der Waals surface area contributed by atoms with Crippen molar-refractivity contribution < 1.29 is 29.3 Å². The molecular formula is C2H4F2O5S2. The highest BCUT2D eigenvalue weighted by atomic mass is 32.3. The smallest absolute Gasteiger partial charge is 0.326 e. The second-order valence-electron chi connectivity index (χ2n) is 1.52. The largest absolute Gasteiger partial charge is 0.344 e. The van der Waals surface area contributed by atoms with Crippen molar-refractivity contribution >= 4 is 20.4 Å². The molecule has 0 heterocycles. The van der Waals surface area contributed by atoms with Gasteiger partial charge >= 0.3 is 20.4 Å². The molecule has 0 unspecified atom stereocenters. The number of ether oxygens (including phenoxy) is 1. The predicted octanol–water partition coefficient (Wildman–Crippen LogP) is -0.483. The Hall–Kier alpha value is -0.280. The van der Waals surface area contributed by atoms with E-state index in [1.165, 1.54) is 0 Å². The second kappa shape index (κ2) is 3.41. The number of hydrogen-bond donors (Lipinski definition) is 0. The first-order valence-corrected chi connectivity index (χ1v) is 5.24. The highest BCUT2D eigenvalue weighted by molar-refractivity contribution is 7.86. The Morgan fingerprint density at radius 1 is 0.909 bits per heavy atom. The highest BCUT2D eigenvalue weighted by Crippen LogP contribution is 1.96. The Morgan fingerprint density at radius 3 is 1.36 bits per heavy atom. The normalized spacial score (nSPS) is 13.3. The fourth-order valence-corrected chi connectivity index (χ4v) is 0.903. The molecule has 0 aromatic heterocycles. The lowest BCUT2D eigenvalue weighted by Gasteiger charge is -1.94. The summed E-state index contributed by atoms with van der Waals surface area (Å²) < 4.78 is 65.1. The molecule has 0 bridgehead atoms. The Labute approximate surface area is 62.4 Å². The summed E-state index contributed by atoms with van der Waals surface area (Å²) in [5, 5.41) is 0. The Bertz CT molecular complexity index is 269. The summed E-state index contributed by atoms with van der Waals surface area (Å²) in [5.74, 6) is -2.92. The van der Waals surface area contributed by atoms with E-state index in [2.05, 4.69) is 4.74 Å². The van der Waals surface area contributed by atoms with Crippen molar-refractivity contribution in [2.75, 3.05) is 11.9 Å². The molecule has 9 heteroatoms. The van der Waals surface area contributed by atoms with Crippen LogP contribution in [0, 0.1) is 0 Å². The van der Waals surface area contributed by atoms with Crippen molar-refractivity contribution in [3.63, 3.8) is 0 Å². The molecule has 0 atom stereocenters. The van der Waals surface area contributed by atoms with E-state index in [0.717, 1.165) is 0 Å². The highest BCUT2D eigenvalue weighted by Gasteiger charge is 2.12. The van der Waals surface area contributed by atoms with Crippen molar-refractivity contribution in [2.24, 2.45) is 0 Å². The predicted molar refractivity (Wildman–Crippen MR) is 30.9 cm³/mol. The van der Waals surface area contributed by atoms with Gasteiger partial charge in [-0.2, -0.15) is 16.8 Å². The fraction of sp³-hybridized carbons (Fsp3) is 1.00. The van der Waals surface area contributed by atoms with Gasteiger partial charge in [0.15, 0.2) is 11.9 Å². The first-order chi connectivity index (χ1) is 4.71. The maximum atomic E-state index is 11.5. The van der Waals surface area contributed by atoms with Crippen molar-refractivity contribution in [3.05, 3.63) is 0 Å². The molecule has 0 saturated heterocycles. The minimum atomic E-state index is -4.90. The molecule has 0 fully saturated rings. The van der Waals surface area contributed by atoms with Crippen molar-refractivity contribution in [1.82, 2.24) is 0 Å². The summed E-state index contributed by atoms with van der Waals surface area (Å²) in [4.78, 5) is 0. The van der Waals surface area contributed by atoms with Crippen molar-refractivity contribution in [2.45, 2.75) is 0 Å². The molecule has 0 aliphatic carbocycles. The molecule has 0 aromatic carbocycles. The SMILES string of the molecule is O=S(=O)(F)COCS(=O)(=O)F. The van der Waals surface area contributed by atoms with Gasteiger partial charge in [-0.25, -0.2) is 0 Å². The summed E-state index contributed by atoms with van der Waals surface area (Å²) in [6.45, 7) is 0. The van der Waals surface area contributed by atoms with Gasteiger partial charge in [0.05, 0.1) is 0 Å². The van der Waals surface area contributed by atoms with Crippen LogP contribution in [0.4, 0.5) is 7.77 Å². The Balaban J connectivity index is 3.79. The average Bonchev–Trinajstić information content (AvgIpc) is 1.55. The van der Waals surface area contributed by atoms with Crippen LogP contribution in [0.15, 0.2) is 0 Å². The summed E-state index contributed by atoms with van der Waals surface area (Å²) in [7, 11) is -9.80. The van der Waals surface area contributed by atoms with Gasteiger partial charge in [-0.15, -0.1) is 7.77 Å². The third kappa shape index (κ3) is 9.72. The zero-order valence-electron chi connectivity index (χ0n) is 5.03. The van der Waals surface area contributed by atoms with Crippen molar-refractivity contribution in [1.29, 1.82) is 0 Å². The topological polar surface area (TPSA) is 77.5 Å². The quantitative estimate of drug-likeness (QED) is 0.585. The lowest BCUT2D eigenvalue weighted by atomic mass is 11.5. The van der Waals surface area contributed by atoms with Crippen LogP contribution in [0.1, 0.15) is 0 Å². The van der Waals surface area contributed by atoms with E-state index in [-0.39, 0.29) is 0 Å². The standard InChI is InChI=1S/C2H4F2O5S2/c3-10(5,6)1-9-2-11(4,7)8/h1-2H2. The molecule has 0 saturated carbocycles. The van der Waals surface area contributed by atoms with Gasteiger partial charge in [-0.3, -0.25) is 0 Å². The molecule has 0 aliphatic heterocycles. The molecule has 11 heavy (non-hydrogen) atoms. The lowest BCUT2D eigenvalue weighted by molar-refractivity contribution is 0.217. The second-order valence-corrected chi connectivity index (χ2v) is 4.14. The molecule has 0 spiro atoms. The van der Waals surface area contributed by atoms with E-state index >= 15 is 0 Å². The molecule has 0 aliphatic rings. The molecule has 0 amide bonds. The van der Waals surface area contributed by atoms with E-state index in [0.29, 0.717) is 0 Å². The van der Waals surface area contributed by atoms with E-state index in [1.807, 2.05) is 0 Å². The van der Waals surface area contributed by atoms with Crippen LogP contribution >= 0.6 is 0 Å². The minimum absolute atomic E-state index is 1.46. The van der Waals surface area contributed by atoms with Crippen LogP contribution < -0.4 is 0 Å². The molecular weight excluding hydrogens is 206 g/mol. The van der Waals surface area contributed by atoms with Gasteiger partial charge in [0, 0.05) is 0 Å². The van der Waals surface area contributed by atoms with Crippen LogP contribution in [0.2, 0.25) is 0 Å². The molecule has 0 aromatic rings. The molecule has 0 rings (SSSR count). The van der Waals surface area contributed by atoms with Gasteiger partial charge in [-0.1, -0.05) is 0 Å². The summed E-state index contributed by atoms with van der Waals surface area (Å²) >= 11 is 0. The summed E-state index contributed by atoms with van der Waals surface area (Å²) in [5.41, 5.74) is 0. The van der Waals surface area contributed by atoms with E-state index in [4.69, 9.17) is 0 Å². The summed E-state index contributed by atoms with van der Waals surface area (Å²) in [6.07, 6.45) is 0. The Morgan fingerprint density at radius 2 is 1.18 bits per heavy atom. The minimum Gasteiger partial charge on any atom is -0.344 e. The van der Waals surface area contributed by atoms with Crippen LogP contribution in [0.5, 0.6) is 0 Å². The van der Waals surface area contributed by atoms with Gasteiger partial charge < -0.3 is 4.74 Å². The fourth-order valence-electron chi connectivity index (χ4n) is 0.233. The van der Waals surface area contributed by atoms with E-state index in [9.17, 15) is 24.6 Å². The van der Waals surface area contributed by atoms with Crippen LogP contribution in [0.25, 0.3) is 0 Å². The monoisotopic (exact) mass is 210 g/mol. The van der Waals surface area contributed by atoms with Crippen LogP contribution in [0.3, 0.4) is 0 Å². The van der Waals surface area contributed by atoms with Crippen LogP contribution in [-0.4, -0.2) is 28.7 Å². The maximum Gasteiger partial charge on any atom is 0.326 e. The van der Waals surface area contributed by atoms with Gasteiger partial charge in [-0.05, 0) is 0 Å². The molecule has 0 N–H and O–H groups in total. The Kier molecular flexibility index (Phi) is 3.32. The van der Waals surface area contributed by atoms with Gasteiger partial charge in [0.25, 0.3) is 0 Å². The molecule has 68 valence electrons. The summed E-state index contributed by atoms with van der Waals surface area (Å²) in [6, 6.07) is 0. The average molecular weight is 210 g/mol. The zero-order chi connectivity index (χ0) is 9.12. The third-order valence-corrected chi connectivity index (χ3v) is 1.34. The third-order valence-electron chi connectivity index (χ3n) is 0.448. The lowest BCUT2D eigenvalue weighted by Crippen LogP contribution is -2.09. The maximum absolute atomic E-state index is 11.5. The van der Waals surface area contributed by atoms with Crippen molar-refractivity contribution in [3.8, 4) is 0 Å². The van der Waals surface area contributed by atoms with E-state index in [1.54, 1.807) is 0 Å². The number of hydrogen-bond acceptors (Lipinski definition) is 5.